The van der Waals surface area contributed by atoms with Gasteiger partial charge in [0.2, 0.25) is 10.0 Å². The first-order valence-electron chi connectivity index (χ1n) is 4.60. The molecule has 88 valence electrons. The molecule has 0 bridgehead atoms. The van der Waals surface area contributed by atoms with E-state index in [1.807, 2.05) is 0 Å². The van der Waals surface area contributed by atoms with Gasteiger partial charge in [-0.15, -0.1) is 0 Å². The topological polar surface area (TPSA) is 86.5 Å². The van der Waals surface area contributed by atoms with Crippen molar-refractivity contribution in [3.63, 3.8) is 0 Å². The molecule has 0 aliphatic heterocycles. The molecule has 16 heavy (non-hydrogen) atoms. The third kappa shape index (κ3) is 3.32. The van der Waals surface area contributed by atoms with Crippen LogP contribution in [0, 0.1) is 0 Å². The summed E-state index contributed by atoms with van der Waals surface area (Å²) in [6.45, 7) is 3.02. The van der Waals surface area contributed by atoms with Crippen LogP contribution >= 0.6 is 0 Å². The summed E-state index contributed by atoms with van der Waals surface area (Å²) in [6.07, 6.45) is -0.410. The molecule has 0 aromatic heterocycles. The van der Waals surface area contributed by atoms with Gasteiger partial charge in [-0.1, -0.05) is 12.1 Å². The number of primary sulfonamides is 1. The fraction of sp³-hybridized carbons (Fsp3) is 0.300. The lowest BCUT2D eigenvalue weighted by Gasteiger charge is -2.12. The highest BCUT2D eigenvalue weighted by atomic mass is 32.2. The highest BCUT2D eigenvalue weighted by Crippen LogP contribution is 2.18. The summed E-state index contributed by atoms with van der Waals surface area (Å²) >= 11 is 0. The molecule has 0 amide bonds. The van der Waals surface area contributed by atoms with Crippen LogP contribution < -0.4 is 5.14 Å². The number of nitrogens with two attached hydrogens (primary N) is 1. The molecule has 0 aliphatic rings. The molecule has 1 aromatic rings. The average Bonchev–Trinajstić information content (AvgIpc) is 2.15. The van der Waals surface area contributed by atoms with Gasteiger partial charge in [0.15, 0.2) is 0 Å². The van der Waals surface area contributed by atoms with E-state index in [1.54, 1.807) is 19.1 Å². The van der Waals surface area contributed by atoms with Gasteiger partial charge < -0.3 is 4.74 Å². The van der Waals surface area contributed by atoms with Crippen LogP contribution in [0.3, 0.4) is 0 Å². The first kappa shape index (κ1) is 12.7. The van der Waals surface area contributed by atoms with Crippen molar-refractivity contribution in [2.45, 2.75) is 24.8 Å². The molecule has 0 heterocycles. The van der Waals surface area contributed by atoms with Gasteiger partial charge in [0, 0.05) is 6.92 Å². The summed E-state index contributed by atoms with van der Waals surface area (Å²) < 4.78 is 26.9. The van der Waals surface area contributed by atoms with Crippen molar-refractivity contribution in [1.29, 1.82) is 0 Å². The maximum atomic E-state index is 11.0. The number of hydrogen-bond acceptors (Lipinski definition) is 4. The van der Waals surface area contributed by atoms with E-state index in [4.69, 9.17) is 9.88 Å². The van der Waals surface area contributed by atoms with Crippen LogP contribution in [0.15, 0.2) is 29.2 Å². The summed E-state index contributed by atoms with van der Waals surface area (Å²) in [5.74, 6) is -0.386. The lowest BCUT2D eigenvalue weighted by atomic mass is 10.1. The Labute approximate surface area is 94.3 Å². The van der Waals surface area contributed by atoms with Gasteiger partial charge in [-0.2, -0.15) is 0 Å². The molecule has 1 rings (SSSR count). The summed E-state index contributed by atoms with van der Waals surface area (Å²) in [7, 11) is -3.68. The molecular weight excluding hydrogens is 230 g/mol. The van der Waals surface area contributed by atoms with Crippen LogP contribution in [0.4, 0.5) is 0 Å². The van der Waals surface area contributed by atoms with E-state index in [9.17, 15) is 13.2 Å². The normalized spacial score (nSPS) is 13.2. The Kier molecular flexibility index (Phi) is 3.66. The maximum Gasteiger partial charge on any atom is 0.303 e. The Morgan fingerprint density at radius 1 is 1.31 bits per heavy atom. The van der Waals surface area contributed by atoms with Gasteiger partial charge >= 0.3 is 5.97 Å². The Balaban J connectivity index is 2.91. The smallest absolute Gasteiger partial charge is 0.303 e. The Morgan fingerprint density at radius 2 is 1.81 bits per heavy atom. The minimum absolute atomic E-state index is 0.0336. The Hall–Kier alpha value is -1.40. The second kappa shape index (κ2) is 4.63. The standard InChI is InChI=1S/C10H13NO4S/c1-7(15-8(2)12)9-3-5-10(6-4-9)16(11,13)14/h3-7H,1-2H3,(H2,11,13,14)/t7-/m0/s1. The number of rotatable bonds is 3. The third-order valence-electron chi connectivity index (χ3n) is 2.02. The van der Waals surface area contributed by atoms with Gasteiger partial charge in [0.05, 0.1) is 4.90 Å². The molecule has 2 N–H and O–H groups in total. The van der Waals surface area contributed by atoms with Crippen molar-refractivity contribution in [3.05, 3.63) is 29.8 Å². The van der Waals surface area contributed by atoms with E-state index in [0.717, 1.165) is 0 Å². The lowest BCUT2D eigenvalue weighted by Crippen LogP contribution is -2.12. The van der Waals surface area contributed by atoms with Crippen molar-refractivity contribution < 1.29 is 17.9 Å². The largest absolute Gasteiger partial charge is 0.458 e. The number of carbonyl (C=O) groups is 1. The molecule has 1 aromatic carbocycles. The van der Waals surface area contributed by atoms with Gasteiger partial charge in [-0.25, -0.2) is 13.6 Å². The summed E-state index contributed by atoms with van der Waals surface area (Å²) in [6, 6.07) is 5.88. The monoisotopic (exact) mass is 243 g/mol. The first-order valence-corrected chi connectivity index (χ1v) is 6.15. The zero-order chi connectivity index (χ0) is 12.3. The summed E-state index contributed by atoms with van der Waals surface area (Å²) in [5.41, 5.74) is 0.711. The molecule has 0 saturated carbocycles. The van der Waals surface area contributed by atoms with E-state index >= 15 is 0 Å². The van der Waals surface area contributed by atoms with Gasteiger partial charge in [0.25, 0.3) is 0 Å². The van der Waals surface area contributed by atoms with E-state index in [1.165, 1.54) is 19.1 Å². The lowest BCUT2D eigenvalue weighted by molar-refractivity contribution is -0.145. The number of hydrogen-bond donors (Lipinski definition) is 1. The quantitative estimate of drug-likeness (QED) is 0.801. The fourth-order valence-electron chi connectivity index (χ4n) is 1.25. The van der Waals surface area contributed by atoms with Gasteiger partial charge in [-0.05, 0) is 24.6 Å². The van der Waals surface area contributed by atoms with Crippen molar-refractivity contribution in [1.82, 2.24) is 0 Å². The number of esters is 1. The first-order chi connectivity index (χ1) is 7.30. The van der Waals surface area contributed by atoms with Crippen LogP contribution in [-0.4, -0.2) is 14.4 Å². The van der Waals surface area contributed by atoms with E-state index in [2.05, 4.69) is 0 Å². The minimum Gasteiger partial charge on any atom is -0.458 e. The number of benzene rings is 1. The van der Waals surface area contributed by atoms with Gasteiger partial charge in [0.1, 0.15) is 6.10 Å². The zero-order valence-corrected chi connectivity index (χ0v) is 9.82. The molecule has 6 heteroatoms. The fourth-order valence-corrected chi connectivity index (χ4v) is 1.76. The molecule has 0 spiro atoms. The molecule has 0 saturated heterocycles. The van der Waals surface area contributed by atoms with Crippen LogP contribution in [0.2, 0.25) is 0 Å². The predicted molar refractivity (Wildman–Crippen MR) is 58.0 cm³/mol. The predicted octanol–water partition coefficient (Wildman–Crippen LogP) is 0.958. The van der Waals surface area contributed by atoms with E-state index in [-0.39, 0.29) is 10.9 Å². The Morgan fingerprint density at radius 3 is 2.19 bits per heavy atom. The average molecular weight is 243 g/mol. The highest BCUT2D eigenvalue weighted by molar-refractivity contribution is 7.89. The Bertz CT molecular complexity index is 478. The van der Waals surface area contributed by atoms with Crippen LogP contribution in [-0.2, 0) is 19.6 Å². The number of ether oxygens (including phenoxy) is 1. The van der Waals surface area contributed by atoms with Crippen LogP contribution in [0.5, 0.6) is 0 Å². The van der Waals surface area contributed by atoms with E-state index < -0.39 is 16.1 Å². The third-order valence-corrected chi connectivity index (χ3v) is 2.95. The molecule has 0 radical (unpaired) electrons. The maximum absolute atomic E-state index is 11.0. The molecule has 1 atom stereocenters. The van der Waals surface area contributed by atoms with Crippen LogP contribution in [0.1, 0.15) is 25.5 Å². The van der Waals surface area contributed by atoms with Crippen molar-refractivity contribution >= 4 is 16.0 Å². The minimum atomic E-state index is -3.68. The number of carbonyl (C=O) groups excluding carboxylic acids is 1. The number of sulfonamides is 1. The van der Waals surface area contributed by atoms with Crippen molar-refractivity contribution in [2.75, 3.05) is 0 Å². The van der Waals surface area contributed by atoms with Crippen LogP contribution in [0.25, 0.3) is 0 Å². The molecule has 5 nitrogen and oxygen atoms in total. The van der Waals surface area contributed by atoms with Gasteiger partial charge in [-0.3, -0.25) is 4.79 Å². The molecule has 0 aliphatic carbocycles. The summed E-state index contributed by atoms with van der Waals surface area (Å²) in [4.78, 5) is 10.7. The second-order valence-corrected chi connectivity index (χ2v) is 4.93. The molecule has 0 unspecified atom stereocenters. The SMILES string of the molecule is CC(=O)O[C@@H](C)c1ccc(S(N)(=O)=O)cc1. The highest BCUT2D eigenvalue weighted by Gasteiger charge is 2.11. The van der Waals surface area contributed by atoms with E-state index in [0.29, 0.717) is 5.56 Å². The second-order valence-electron chi connectivity index (χ2n) is 3.37. The van der Waals surface area contributed by atoms with Crippen molar-refractivity contribution in [2.24, 2.45) is 5.14 Å². The zero-order valence-electron chi connectivity index (χ0n) is 9.01. The summed E-state index contributed by atoms with van der Waals surface area (Å²) in [5, 5.41) is 4.95. The molecule has 0 fully saturated rings. The van der Waals surface area contributed by atoms with Crippen molar-refractivity contribution in [3.8, 4) is 0 Å². The molecular formula is C10H13NO4S.